The van der Waals surface area contributed by atoms with E-state index in [4.69, 9.17) is 9.47 Å². The molecular weight excluding hydrogens is 379 g/mol. The third kappa shape index (κ3) is 5.76. The number of nitrogens with zero attached hydrogens (tertiary/aromatic N) is 2. The molecule has 0 aromatic heterocycles. The van der Waals surface area contributed by atoms with E-state index in [9.17, 15) is 4.39 Å². The maximum Gasteiger partial charge on any atom is 0.145 e. The van der Waals surface area contributed by atoms with Crippen molar-refractivity contribution in [1.82, 2.24) is 4.90 Å². The summed E-state index contributed by atoms with van der Waals surface area (Å²) in [4.78, 5) is 4.81. The first-order valence-corrected chi connectivity index (χ1v) is 10.7. The van der Waals surface area contributed by atoms with Gasteiger partial charge in [-0.15, -0.1) is 0 Å². The van der Waals surface area contributed by atoms with Crippen LogP contribution in [0, 0.1) is 5.82 Å². The average molecular weight is 413 g/mol. The van der Waals surface area contributed by atoms with Gasteiger partial charge in [-0.05, 0) is 62.1 Å². The van der Waals surface area contributed by atoms with Crippen molar-refractivity contribution in [3.05, 3.63) is 66.0 Å². The van der Waals surface area contributed by atoms with E-state index in [0.717, 1.165) is 57.0 Å². The van der Waals surface area contributed by atoms with Crippen LogP contribution >= 0.6 is 0 Å². The Morgan fingerprint density at radius 2 is 1.73 bits per heavy atom. The Morgan fingerprint density at radius 3 is 2.37 bits per heavy atom. The number of ether oxygens (including phenoxy) is 2. The van der Waals surface area contributed by atoms with Gasteiger partial charge in [-0.2, -0.15) is 0 Å². The lowest BCUT2D eigenvalue weighted by Gasteiger charge is -2.37. The zero-order valence-corrected chi connectivity index (χ0v) is 18.3. The van der Waals surface area contributed by atoms with Gasteiger partial charge in [0.1, 0.15) is 17.3 Å². The highest BCUT2D eigenvalue weighted by Gasteiger charge is 2.21. The van der Waals surface area contributed by atoms with Crippen LogP contribution in [0.1, 0.15) is 31.2 Å². The van der Waals surface area contributed by atoms with E-state index in [-0.39, 0.29) is 5.82 Å². The Hall–Kier alpha value is -2.53. The molecule has 0 saturated carbocycles. The van der Waals surface area contributed by atoms with Crippen molar-refractivity contribution in [2.75, 3.05) is 51.8 Å². The molecule has 0 radical (unpaired) electrons. The van der Waals surface area contributed by atoms with E-state index in [1.165, 1.54) is 17.7 Å². The fraction of sp³-hybridized carbons (Fsp3) is 0.440. The van der Waals surface area contributed by atoms with Crippen LogP contribution in [-0.4, -0.2) is 51.8 Å². The third-order valence-corrected chi connectivity index (χ3v) is 5.89. The number of piperazine rings is 1. The van der Waals surface area contributed by atoms with Crippen LogP contribution in [0.25, 0.3) is 0 Å². The van der Waals surface area contributed by atoms with Crippen molar-refractivity contribution >= 4 is 5.69 Å². The molecule has 162 valence electrons. The fourth-order valence-electron chi connectivity index (χ4n) is 4.06. The molecular formula is C25H33FN2O2. The van der Waals surface area contributed by atoms with Crippen LogP contribution < -0.4 is 14.4 Å². The molecule has 1 aliphatic heterocycles. The van der Waals surface area contributed by atoms with Gasteiger partial charge in [-0.1, -0.05) is 24.3 Å². The molecule has 4 nitrogen and oxygen atoms in total. The second-order valence-corrected chi connectivity index (χ2v) is 7.71. The molecule has 0 N–H and O–H groups in total. The number of halogens is 1. The second-order valence-electron chi connectivity index (χ2n) is 7.71. The van der Waals surface area contributed by atoms with Gasteiger partial charge in [-0.3, -0.25) is 4.90 Å². The Bertz CT molecular complexity index is 814. The maximum atomic E-state index is 13.5. The lowest BCUT2D eigenvalue weighted by molar-refractivity contribution is 0.247. The molecule has 2 aromatic rings. The van der Waals surface area contributed by atoms with Crippen LogP contribution in [0.2, 0.25) is 0 Å². The molecule has 0 amide bonds. The van der Waals surface area contributed by atoms with Gasteiger partial charge in [0.25, 0.3) is 0 Å². The first-order valence-electron chi connectivity index (χ1n) is 10.7. The quantitative estimate of drug-likeness (QED) is 0.535. The minimum absolute atomic E-state index is 0.264. The standard InChI is InChI=1S/C25H33FN2O2/c1-4-5-6-20(21-7-10-23(29-2)11-8-21)13-14-27-15-17-28(18-16-27)24-12-9-22(26)19-25(24)30-3/h4-5,7-12,19-20H,6,13-18H2,1-3H3/b5-4+. The molecule has 0 aliphatic carbocycles. The van der Waals surface area contributed by atoms with Crippen molar-refractivity contribution in [1.29, 1.82) is 0 Å². The van der Waals surface area contributed by atoms with E-state index in [1.54, 1.807) is 14.2 Å². The predicted octanol–water partition coefficient (Wildman–Crippen LogP) is 5.11. The molecule has 2 aromatic carbocycles. The number of anilines is 1. The molecule has 0 spiro atoms. The van der Waals surface area contributed by atoms with Crippen molar-refractivity contribution < 1.29 is 13.9 Å². The van der Waals surface area contributed by atoms with Gasteiger partial charge in [0.2, 0.25) is 0 Å². The number of rotatable bonds is 9. The lowest BCUT2D eigenvalue weighted by Crippen LogP contribution is -2.46. The van der Waals surface area contributed by atoms with Gasteiger partial charge in [-0.25, -0.2) is 4.39 Å². The Morgan fingerprint density at radius 1 is 1.00 bits per heavy atom. The SMILES string of the molecule is C/C=C/CC(CCN1CCN(c2ccc(F)cc2OC)CC1)c1ccc(OC)cc1. The molecule has 0 bridgehead atoms. The molecule has 1 unspecified atom stereocenters. The maximum absolute atomic E-state index is 13.5. The lowest BCUT2D eigenvalue weighted by atomic mass is 9.92. The van der Waals surface area contributed by atoms with E-state index in [1.807, 2.05) is 18.2 Å². The minimum atomic E-state index is -0.264. The zero-order valence-electron chi connectivity index (χ0n) is 18.3. The minimum Gasteiger partial charge on any atom is -0.497 e. The van der Waals surface area contributed by atoms with Crippen LogP contribution in [0.5, 0.6) is 11.5 Å². The summed E-state index contributed by atoms with van der Waals surface area (Å²) in [5, 5.41) is 0. The van der Waals surface area contributed by atoms with Gasteiger partial charge in [0.05, 0.1) is 19.9 Å². The normalized spacial score (nSPS) is 16.1. The fourth-order valence-corrected chi connectivity index (χ4v) is 4.06. The number of hydrogen-bond acceptors (Lipinski definition) is 4. The van der Waals surface area contributed by atoms with Gasteiger partial charge < -0.3 is 14.4 Å². The Balaban J connectivity index is 1.56. The van der Waals surface area contributed by atoms with Crippen LogP contribution in [0.15, 0.2) is 54.6 Å². The summed E-state index contributed by atoms with van der Waals surface area (Å²) in [5.74, 6) is 1.74. The van der Waals surface area contributed by atoms with Crippen molar-refractivity contribution in [3.8, 4) is 11.5 Å². The summed E-state index contributed by atoms with van der Waals surface area (Å²) in [5.41, 5.74) is 2.34. The highest BCUT2D eigenvalue weighted by Crippen LogP contribution is 2.30. The first-order chi connectivity index (χ1) is 14.6. The summed E-state index contributed by atoms with van der Waals surface area (Å²) in [6.45, 7) is 6.99. The topological polar surface area (TPSA) is 24.9 Å². The van der Waals surface area contributed by atoms with Gasteiger partial charge in [0.15, 0.2) is 0 Å². The molecule has 3 rings (SSSR count). The Labute approximate surface area is 179 Å². The number of hydrogen-bond donors (Lipinski definition) is 0. The molecule has 1 fully saturated rings. The van der Waals surface area contributed by atoms with Crippen LogP contribution in [0.4, 0.5) is 10.1 Å². The first kappa shape index (κ1) is 22.2. The summed E-state index contributed by atoms with van der Waals surface area (Å²) in [6, 6.07) is 13.3. The smallest absolute Gasteiger partial charge is 0.145 e. The summed E-state index contributed by atoms with van der Waals surface area (Å²) < 4.78 is 24.2. The number of benzene rings is 2. The average Bonchev–Trinajstić information content (AvgIpc) is 2.79. The number of allylic oxidation sites excluding steroid dienone is 2. The molecule has 5 heteroatoms. The second kappa shape index (κ2) is 11.0. The predicted molar refractivity (Wildman–Crippen MR) is 121 cm³/mol. The van der Waals surface area contributed by atoms with E-state index < -0.39 is 0 Å². The van der Waals surface area contributed by atoms with E-state index >= 15 is 0 Å². The molecule has 1 atom stereocenters. The monoisotopic (exact) mass is 412 g/mol. The van der Waals surface area contributed by atoms with Gasteiger partial charge in [0, 0.05) is 32.2 Å². The van der Waals surface area contributed by atoms with E-state index in [2.05, 4.69) is 41.0 Å². The van der Waals surface area contributed by atoms with Gasteiger partial charge >= 0.3 is 0 Å². The molecule has 1 aliphatic rings. The van der Waals surface area contributed by atoms with Crippen molar-refractivity contribution in [2.24, 2.45) is 0 Å². The molecule has 1 heterocycles. The Kier molecular flexibility index (Phi) is 8.14. The van der Waals surface area contributed by atoms with Crippen molar-refractivity contribution in [2.45, 2.75) is 25.7 Å². The number of methoxy groups -OCH3 is 2. The highest BCUT2D eigenvalue weighted by molar-refractivity contribution is 5.59. The highest BCUT2D eigenvalue weighted by atomic mass is 19.1. The zero-order chi connectivity index (χ0) is 21.3. The summed E-state index contributed by atoms with van der Waals surface area (Å²) in [6.07, 6.45) is 6.56. The van der Waals surface area contributed by atoms with Crippen LogP contribution in [-0.2, 0) is 0 Å². The molecule has 1 saturated heterocycles. The molecule has 30 heavy (non-hydrogen) atoms. The largest absolute Gasteiger partial charge is 0.497 e. The summed E-state index contributed by atoms with van der Waals surface area (Å²) in [7, 11) is 3.30. The summed E-state index contributed by atoms with van der Waals surface area (Å²) >= 11 is 0. The van der Waals surface area contributed by atoms with Crippen molar-refractivity contribution in [3.63, 3.8) is 0 Å². The third-order valence-electron chi connectivity index (χ3n) is 5.89. The van der Waals surface area contributed by atoms with E-state index in [0.29, 0.717) is 11.7 Å². The van der Waals surface area contributed by atoms with Crippen LogP contribution in [0.3, 0.4) is 0 Å².